The van der Waals surface area contributed by atoms with Gasteiger partial charge in [0, 0.05) is 43.9 Å². The van der Waals surface area contributed by atoms with E-state index in [0.29, 0.717) is 42.9 Å². The Labute approximate surface area is 147 Å². The van der Waals surface area contributed by atoms with E-state index in [1.165, 1.54) is 12.1 Å². The Morgan fingerprint density at radius 2 is 1.88 bits per heavy atom. The molecule has 5 heteroatoms. The molecule has 1 aliphatic heterocycles. The lowest BCUT2D eigenvalue weighted by Crippen LogP contribution is -2.35. The highest BCUT2D eigenvalue weighted by molar-refractivity contribution is 5.94. The lowest BCUT2D eigenvalue weighted by Gasteiger charge is -2.22. The molecule has 0 bridgehead atoms. The van der Waals surface area contributed by atoms with Gasteiger partial charge in [-0.05, 0) is 36.8 Å². The number of carbonyl (C=O) groups is 1. The van der Waals surface area contributed by atoms with Crippen molar-refractivity contribution >= 4 is 5.91 Å². The van der Waals surface area contributed by atoms with Crippen LogP contribution in [0, 0.1) is 17.1 Å². The highest BCUT2D eigenvalue weighted by atomic mass is 19.1. The Kier molecular flexibility index (Phi) is 5.42. The zero-order valence-electron chi connectivity index (χ0n) is 14.0. The second-order valence-corrected chi connectivity index (χ2v) is 6.21. The maximum absolute atomic E-state index is 14.0. The number of nitrogens with zero attached hydrogens (tertiary/aromatic N) is 3. The van der Waals surface area contributed by atoms with Gasteiger partial charge < -0.3 is 4.90 Å². The summed E-state index contributed by atoms with van der Waals surface area (Å²) >= 11 is 0. The molecule has 2 aromatic carbocycles. The lowest BCUT2D eigenvalue weighted by atomic mass is 10.1. The van der Waals surface area contributed by atoms with E-state index in [4.69, 9.17) is 5.26 Å². The fourth-order valence-electron chi connectivity index (χ4n) is 3.10. The van der Waals surface area contributed by atoms with Crippen LogP contribution in [0.3, 0.4) is 0 Å². The van der Waals surface area contributed by atoms with Gasteiger partial charge in [0.1, 0.15) is 5.82 Å². The van der Waals surface area contributed by atoms with Gasteiger partial charge in [0.2, 0.25) is 0 Å². The molecule has 0 radical (unpaired) electrons. The number of benzene rings is 2. The van der Waals surface area contributed by atoms with E-state index >= 15 is 0 Å². The lowest BCUT2D eigenvalue weighted by molar-refractivity contribution is 0.0761. The van der Waals surface area contributed by atoms with E-state index in [1.807, 2.05) is 41.3 Å². The number of hydrogen-bond donors (Lipinski definition) is 0. The van der Waals surface area contributed by atoms with Crippen LogP contribution in [0.4, 0.5) is 4.39 Å². The third-order valence-electron chi connectivity index (χ3n) is 4.47. The summed E-state index contributed by atoms with van der Waals surface area (Å²) in [6.07, 6.45) is 0.845. The largest absolute Gasteiger partial charge is 0.337 e. The molecule has 0 saturated carbocycles. The van der Waals surface area contributed by atoms with Crippen LogP contribution in [0.5, 0.6) is 0 Å². The molecular weight excluding hydrogens is 317 g/mol. The molecule has 0 aliphatic carbocycles. The second kappa shape index (κ2) is 7.91. The van der Waals surface area contributed by atoms with Crippen LogP contribution in [-0.2, 0) is 6.54 Å². The standard InChI is InChI=1S/C20H20FN3O/c21-19-8-7-16(14-22)13-18(19)15-23-9-4-10-24(12-11-23)20(25)17-5-2-1-3-6-17/h1-3,5-8,13H,4,9-12,15H2. The van der Waals surface area contributed by atoms with Crippen molar-refractivity contribution in [1.29, 1.82) is 5.26 Å². The SMILES string of the molecule is N#Cc1ccc(F)c(CN2CCCN(C(=O)c3ccccc3)CC2)c1. The Hall–Kier alpha value is -2.71. The van der Waals surface area contributed by atoms with E-state index in [9.17, 15) is 9.18 Å². The molecule has 128 valence electrons. The minimum atomic E-state index is -0.291. The molecule has 0 aromatic heterocycles. The molecule has 1 saturated heterocycles. The predicted molar refractivity (Wildman–Crippen MR) is 93.4 cm³/mol. The van der Waals surface area contributed by atoms with Crippen molar-refractivity contribution in [3.8, 4) is 6.07 Å². The zero-order chi connectivity index (χ0) is 17.6. The summed E-state index contributed by atoms with van der Waals surface area (Å²) < 4.78 is 14.0. The quantitative estimate of drug-likeness (QED) is 0.865. The molecule has 1 amide bonds. The molecule has 0 atom stereocenters. The molecule has 4 nitrogen and oxygen atoms in total. The summed E-state index contributed by atoms with van der Waals surface area (Å²) in [5.41, 5.74) is 1.69. The third-order valence-corrected chi connectivity index (χ3v) is 4.47. The van der Waals surface area contributed by atoms with Crippen LogP contribution in [-0.4, -0.2) is 41.9 Å². The molecule has 0 spiro atoms. The number of carbonyl (C=O) groups excluding carboxylic acids is 1. The number of nitriles is 1. The Morgan fingerprint density at radius 3 is 2.64 bits per heavy atom. The van der Waals surface area contributed by atoms with Gasteiger partial charge in [0.25, 0.3) is 5.91 Å². The molecule has 25 heavy (non-hydrogen) atoms. The summed E-state index contributed by atoms with van der Waals surface area (Å²) in [5.74, 6) is -0.249. The van der Waals surface area contributed by atoms with Gasteiger partial charge in [0.15, 0.2) is 0 Å². The predicted octanol–water partition coefficient (Wildman–Crippen LogP) is 3.05. The summed E-state index contributed by atoms with van der Waals surface area (Å²) in [6.45, 7) is 3.26. The molecule has 3 rings (SSSR count). The molecular formula is C20H20FN3O. The highest BCUT2D eigenvalue weighted by Gasteiger charge is 2.20. The average Bonchev–Trinajstić information content (AvgIpc) is 2.89. The highest BCUT2D eigenvalue weighted by Crippen LogP contribution is 2.15. The Morgan fingerprint density at radius 1 is 1.08 bits per heavy atom. The first kappa shape index (κ1) is 17.1. The summed E-state index contributed by atoms with van der Waals surface area (Å²) in [5, 5.41) is 8.98. The molecule has 2 aromatic rings. The fourth-order valence-corrected chi connectivity index (χ4v) is 3.10. The van der Waals surface area contributed by atoms with E-state index in [2.05, 4.69) is 4.90 Å². The molecule has 0 unspecified atom stereocenters. The minimum Gasteiger partial charge on any atom is -0.337 e. The first-order valence-corrected chi connectivity index (χ1v) is 8.42. The van der Waals surface area contributed by atoms with Crippen molar-refractivity contribution in [2.75, 3.05) is 26.2 Å². The van der Waals surface area contributed by atoms with Crippen LogP contribution >= 0.6 is 0 Å². The number of halogens is 1. The van der Waals surface area contributed by atoms with Gasteiger partial charge in [0.05, 0.1) is 11.6 Å². The molecule has 1 heterocycles. The van der Waals surface area contributed by atoms with Crippen molar-refractivity contribution in [3.63, 3.8) is 0 Å². The van der Waals surface area contributed by atoms with Crippen LogP contribution in [0.15, 0.2) is 48.5 Å². The monoisotopic (exact) mass is 337 g/mol. The smallest absolute Gasteiger partial charge is 0.253 e. The fraction of sp³-hybridized carbons (Fsp3) is 0.300. The second-order valence-electron chi connectivity index (χ2n) is 6.21. The average molecular weight is 337 g/mol. The maximum atomic E-state index is 14.0. The maximum Gasteiger partial charge on any atom is 0.253 e. The summed E-state index contributed by atoms with van der Waals surface area (Å²) in [6, 6.07) is 15.8. The van der Waals surface area contributed by atoms with Crippen molar-refractivity contribution in [2.24, 2.45) is 0 Å². The first-order chi connectivity index (χ1) is 12.2. The van der Waals surface area contributed by atoms with Crippen molar-refractivity contribution in [1.82, 2.24) is 9.80 Å². The molecule has 0 N–H and O–H groups in total. The van der Waals surface area contributed by atoms with Gasteiger partial charge in [-0.1, -0.05) is 18.2 Å². The molecule has 1 fully saturated rings. The topological polar surface area (TPSA) is 47.3 Å². The van der Waals surface area contributed by atoms with Gasteiger partial charge >= 0.3 is 0 Å². The van der Waals surface area contributed by atoms with Crippen molar-refractivity contribution < 1.29 is 9.18 Å². The third kappa shape index (κ3) is 4.23. The Bertz CT molecular complexity index is 785. The minimum absolute atomic E-state index is 0.0418. The van der Waals surface area contributed by atoms with E-state index in [-0.39, 0.29) is 11.7 Å². The van der Waals surface area contributed by atoms with Crippen LogP contribution < -0.4 is 0 Å². The zero-order valence-corrected chi connectivity index (χ0v) is 14.0. The summed E-state index contributed by atoms with van der Waals surface area (Å²) in [7, 11) is 0. The van der Waals surface area contributed by atoms with Crippen LogP contribution in [0.25, 0.3) is 0 Å². The van der Waals surface area contributed by atoms with Crippen molar-refractivity contribution in [2.45, 2.75) is 13.0 Å². The number of amides is 1. The summed E-state index contributed by atoms with van der Waals surface area (Å²) in [4.78, 5) is 16.6. The van der Waals surface area contributed by atoms with Gasteiger partial charge in [-0.3, -0.25) is 9.69 Å². The van der Waals surface area contributed by atoms with Crippen molar-refractivity contribution in [3.05, 3.63) is 71.0 Å². The van der Waals surface area contributed by atoms with E-state index in [1.54, 1.807) is 6.07 Å². The van der Waals surface area contributed by atoms with Gasteiger partial charge in [-0.25, -0.2) is 4.39 Å². The number of rotatable bonds is 3. The number of hydrogen-bond acceptors (Lipinski definition) is 3. The van der Waals surface area contributed by atoms with Crippen LogP contribution in [0.1, 0.15) is 27.9 Å². The van der Waals surface area contributed by atoms with E-state index in [0.717, 1.165) is 13.0 Å². The van der Waals surface area contributed by atoms with E-state index < -0.39 is 0 Å². The normalized spacial score (nSPS) is 15.4. The van der Waals surface area contributed by atoms with Gasteiger partial charge in [-0.15, -0.1) is 0 Å². The molecule has 1 aliphatic rings. The van der Waals surface area contributed by atoms with Gasteiger partial charge in [-0.2, -0.15) is 5.26 Å². The Balaban J connectivity index is 1.64. The first-order valence-electron chi connectivity index (χ1n) is 8.42. The van der Waals surface area contributed by atoms with Crippen LogP contribution in [0.2, 0.25) is 0 Å².